The number of fused-ring (bicyclic) bond motifs is 1. The molecule has 0 atom stereocenters. The van der Waals surface area contributed by atoms with Crippen molar-refractivity contribution >= 4 is 38.6 Å². The van der Waals surface area contributed by atoms with Gasteiger partial charge in [0.1, 0.15) is 12.1 Å². The molecule has 0 aliphatic heterocycles. The molecular weight excluding hydrogens is 302 g/mol. The Morgan fingerprint density at radius 3 is 2.76 bits per heavy atom. The maximum Gasteiger partial charge on any atom is 0.138 e. The van der Waals surface area contributed by atoms with Gasteiger partial charge >= 0.3 is 0 Å². The van der Waals surface area contributed by atoms with Crippen LogP contribution in [0.2, 0.25) is 5.02 Å². The average Bonchev–Trinajstić information content (AvgIpc) is 2.73. The minimum atomic E-state index is 0.624. The predicted octanol–water partition coefficient (Wildman–Crippen LogP) is 3.84. The Morgan fingerprint density at radius 1 is 1.12 bits per heavy atom. The number of benzene rings is 1. The molecule has 0 amide bonds. The van der Waals surface area contributed by atoms with E-state index >= 15 is 0 Å². The molecule has 0 fully saturated rings. The van der Waals surface area contributed by atoms with Crippen molar-refractivity contribution in [3.8, 4) is 5.82 Å². The first-order chi connectivity index (χ1) is 8.24. The molecule has 1 aromatic carbocycles. The lowest BCUT2D eigenvalue weighted by Gasteiger charge is -2.03. The number of rotatable bonds is 1. The summed E-state index contributed by atoms with van der Waals surface area (Å²) in [5, 5.41) is 0.624. The first-order valence-corrected chi connectivity index (χ1v) is 6.16. The SMILES string of the molecule is Clc1ccc(-n2cnc3ccc(Br)cc32)nc1. The van der Waals surface area contributed by atoms with Crippen molar-refractivity contribution in [3.05, 3.63) is 52.4 Å². The van der Waals surface area contributed by atoms with Crippen LogP contribution in [0, 0.1) is 0 Å². The number of imidazole rings is 1. The van der Waals surface area contributed by atoms with Gasteiger partial charge in [-0.2, -0.15) is 0 Å². The highest BCUT2D eigenvalue weighted by Crippen LogP contribution is 2.21. The zero-order valence-corrected chi connectivity index (χ0v) is 11.0. The van der Waals surface area contributed by atoms with Crippen LogP contribution in [0.5, 0.6) is 0 Å². The van der Waals surface area contributed by atoms with Gasteiger partial charge in [0.15, 0.2) is 0 Å². The van der Waals surface area contributed by atoms with E-state index in [2.05, 4.69) is 25.9 Å². The van der Waals surface area contributed by atoms with Crippen LogP contribution in [0.4, 0.5) is 0 Å². The van der Waals surface area contributed by atoms with Gasteiger partial charge in [0.05, 0.1) is 16.1 Å². The molecule has 0 aliphatic rings. The second-order valence-corrected chi connectivity index (χ2v) is 4.93. The van der Waals surface area contributed by atoms with Gasteiger partial charge in [-0.25, -0.2) is 9.97 Å². The Balaban J connectivity index is 2.23. The summed E-state index contributed by atoms with van der Waals surface area (Å²) in [6.45, 7) is 0. The highest BCUT2D eigenvalue weighted by atomic mass is 79.9. The van der Waals surface area contributed by atoms with Crippen molar-refractivity contribution in [1.29, 1.82) is 0 Å². The molecule has 0 radical (unpaired) electrons. The fourth-order valence-corrected chi connectivity index (χ4v) is 2.13. The van der Waals surface area contributed by atoms with Gasteiger partial charge < -0.3 is 0 Å². The van der Waals surface area contributed by atoms with E-state index in [4.69, 9.17) is 11.6 Å². The van der Waals surface area contributed by atoms with Crippen molar-refractivity contribution in [2.45, 2.75) is 0 Å². The zero-order valence-electron chi connectivity index (χ0n) is 8.64. The average molecular weight is 309 g/mol. The first kappa shape index (κ1) is 10.7. The van der Waals surface area contributed by atoms with Crippen LogP contribution in [0.3, 0.4) is 0 Å². The van der Waals surface area contributed by atoms with Crippen LogP contribution in [-0.4, -0.2) is 14.5 Å². The van der Waals surface area contributed by atoms with Crippen molar-refractivity contribution in [1.82, 2.24) is 14.5 Å². The van der Waals surface area contributed by atoms with Gasteiger partial charge in [-0.3, -0.25) is 4.57 Å². The van der Waals surface area contributed by atoms with E-state index < -0.39 is 0 Å². The van der Waals surface area contributed by atoms with E-state index in [1.54, 1.807) is 12.5 Å². The molecule has 0 bridgehead atoms. The van der Waals surface area contributed by atoms with Gasteiger partial charge in [-0.1, -0.05) is 27.5 Å². The Morgan fingerprint density at radius 2 is 2.00 bits per heavy atom. The molecule has 2 heterocycles. The van der Waals surface area contributed by atoms with E-state index in [1.807, 2.05) is 34.9 Å². The zero-order chi connectivity index (χ0) is 11.8. The van der Waals surface area contributed by atoms with Gasteiger partial charge in [0.2, 0.25) is 0 Å². The van der Waals surface area contributed by atoms with Crippen LogP contribution < -0.4 is 0 Å². The Hall–Kier alpha value is -1.39. The molecule has 3 nitrogen and oxygen atoms in total. The van der Waals surface area contributed by atoms with E-state index in [1.165, 1.54) is 0 Å². The summed E-state index contributed by atoms with van der Waals surface area (Å²) in [5.74, 6) is 0.801. The molecular formula is C12H7BrClN3. The van der Waals surface area contributed by atoms with Gasteiger partial charge in [-0.15, -0.1) is 0 Å². The molecule has 2 aromatic heterocycles. The molecule has 0 spiro atoms. The Kier molecular flexibility index (Phi) is 2.61. The number of nitrogens with zero attached hydrogens (tertiary/aromatic N) is 3. The molecule has 5 heteroatoms. The molecule has 3 aromatic rings. The summed E-state index contributed by atoms with van der Waals surface area (Å²) < 4.78 is 2.94. The summed E-state index contributed by atoms with van der Waals surface area (Å²) in [6.07, 6.45) is 3.38. The molecule has 17 heavy (non-hydrogen) atoms. The molecule has 3 rings (SSSR count). The number of pyridine rings is 1. The monoisotopic (exact) mass is 307 g/mol. The smallest absolute Gasteiger partial charge is 0.138 e. The highest BCUT2D eigenvalue weighted by molar-refractivity contribution is 9.10. The summed E-state index contributed by atoms with van der Waals surface area (Å²) in [7, 11) is 0. The summed E-state index contributed by atoms with van der Waals surface area (Å²) in [5.41, 5.74) is 1.94. The molecule has 84 valence electrons. The minimum absolute atomic E-state index is 0.624. The number of halogens is 2. The topological polar surface area (TPSA) is 30.7 Å². The van der Waals surface area contributed by atoms with Crippen molar-refractivity contribution in [2.75, 3.05) is 0 Å². The second kappa shape index (κ2) is 4.13. The molecule has 0 saturated heterocycles. The molecule has 0 aliphatic carbocycles. The summed E-state index contributed by atoms with van der Waals surface area (Å²) in [6, 6.07) is 9.62. The molecule has 0 saturated carbocycles. The van der Waals surface area contributed by atoms with Crippen molar-refractivity contribution < 1.29 is 0 Å². The van der Waals surface area contributed by atoms with E-state index in [0.717, 1.165) is 21.3 Å². The quantitative estimate of drug-likeness (QED) is 0.684. The van der Waals surface area contributed by atoms with E-state index in [9.17, 15) is 0 Å². The maximum atomic E-state index is 5.82. The predicted molar refractivity (Wildman–Crippen MR) is 71.6 cm³/mol. The van der Waals surface area contributed by atoms with Crippen LogP contribution in [0.15, 0.2) is 47.3 Å². The third kappa shape index (κ3) is 1.94. The van der Waals surface area contributed by atoms with E-state index in [0.29, 0.717) is 5.02 Å². The lowest BCUT2D eigenvalue weighted by atomic mass is 10.3. The molecule has 0 N–H and O–H groups in total. The molecule has 0 unspecified atom stereocenters. The third-order valence-corrected chi connectivity index (χ3v) is 3.18. The maximum absolute atomic E-state index is 5.82. The fraction of sp³-hybridized carbons (Fsp3) is 0. The third-order valence-electron chi connectivity index (χ3n) is 2.47. The fourth-order valence-electron chi connectivity index (χ4n) is 1.67. The van der Waals surface area contributed by atoms with Crippen LogP contribution >= 0.6 is 27.5 Å². The van der Waals surface area contributed by atoms with E-state index in [-0.39, 0.29) is 0 Å². The highest BCUT2D eigenvalue weighted by Gasteiger charge is 2.05. The lowest BCUT2D eigenvalue weighted by Crippen LogP contribution is -1.94. The lowest BCUT2D eigenvalue weighted by molar-refractivity contribution is 1.02. The van der Waals surface area contributed by atoms with Crippen molar-refractivity contribution in [3.63, 3.8) is 0 Å². The van der Waals surface area contributed by atoms with Crippen LogP contribution in [0.1, 0.15) is 0 Å². The van der Waals surface area contributed by atoms with Gasteiger partial charge in [0.25, 0.3) is 0 Å². The summed E-state index contributed by atoms with van der Waals surface area (Å²) >= 11 is 9.27. The van der Waals surface area contributed by atoms with Crippen LogP contribution in [0.25, 0.3) is 16.9 Å². The van der Waals surface area contributed by atoms with Gasteiger partial charge in [-0.05, 0) is 30.3 Å². The van der Waals surface area contributed by atoms with Gasteiger partial charge in [0, 0.05) is 10.7 Å². The number of hydrogen-bond donors (Lipinski definition) is 0. The Bertz CT molecular complexity index is 676. The largest absolute Gasteiger partial charge is 0.283 e. The minimum Gasteiger partial charge on any atom is -0.283 e. The van der Waals surface area contributed by atoms with Crippen molar-refractivity contribution in [2.24, 2.45) is 0 Å². The standard InChI is InChI=1S/C12H7BrClN3/c13-8-1-3-10-11(5-8)17(7-16-10)12-4-2-9(14)6-15-12/h1-7H. The van der Waals surface area contributed by atoms with Crippen LogP contribution in [-0.2, 0) is 0 Å². The Labute approximate surface area is 111 Å². The second-order valence-electron chi connectivity index (χ2n) is 3.58. The summed E-state index contributed by atoms with van der Waals surface area (Å²) in [4.78, 5) is 8.60. The normalized spacial score (nSPS) is 10.9. The number of aromatic nitrogens is 3. The first-order valence-electron chi connectivity index (χ1n) is 4.98. The number of hydrogen-bond acceptors (Lipinski definition) is 2.